The lowest BCUT2D eigenvalue weighted by Crippen LogP contribution is -2.42. The van der Waals surface area contributed by atoms with Gasteiger partial charge in [-0.3, -0.25) is 18.8 Å². The van der Waals surface area contributed by atoms with E-state index in [4.69, 9.17) is 10.5 Å². The van der Waals surface area contributed by atoms with Crippen molar-refractivity contribution >= 4 is 22.6 Å². The summed E-state index contributed by atoms with van der Waals surface area (Å²) in [4.78, 5) is 41.2. The predicted molar refractivity (Wildman–Crippen MR) is 163 cm³/mol. The molecule has 0 radical (unpaired) electrons. The molecular weight excluding hydrogens is 579 g/mol. The maximum absolute atomic E-state index is 15.2. The average molecular weight is 611 g/mol. The van der Waals surface area contributed by atoms with E-state index in [-0.39, 0.29) is 36.0 Å². The Labute approximate surface area is 256 Å². The van der Waals surface area contributed by atoms with Crippen molar-refractivity contribution in [2.45, 2.75) is 38.3 Å². The second-order valence-electron chi connectivity index (χ2n) is 11.3. The SMILES string of the molecule is Nc1nc(Cc2cnn(CC(=O)N3CCOCC3)c2)nc(-c2cccc(-n3ccc4cc(C5CC5)cc(F)c4c3=O)c2CO)n1. The van der Waals surface area contributed by atoms with Crippen LogP contribution in [0.4, 0.5) is 10.3 Å². The number of aliphatic hydroxyl groups excluding tert-OH is 1. The number of carbonyl (C=O) groups excluding carboxylic acids is 1. The minimum atomic E-state index is -0.556. The van der Waals surface area contributed by atoms with Crippen molar-refractivity contribution in [3.05, 3.63) is 93.7 Å². The van der Waals surface area contributed by atoms with E-state index in [0.29, 0.717) is 60.2 Å². The molecule has 4 heterocycles. The van der Waals surface area contributed by atoms with Crippen molar-refractivity contribution < 1.29 is 19.0 Å². The average Bonchev–Trinajstić information content (AvgIpc) is 3.81. The number of nitrogen functional groups attached to an aromatic ring is 1. The number of halogens is 1. The number of aliphatic hydroxyl groups is 1. The Morgan fingerprint density at radius 1 is 1.11 bits per heavy atom. The third kappa shape index (κ3) is 5.79. The molecule has 0 spiro atoms. The van der Waals surface area contributed by atoms with Gasteiger partial charge >= 0.3 is 0 Å². The molecule has 0 atom stereocenters. The Hall–Kier alpha value is -5.01. The molecule has 3 N–H and O–H groups in total. The third-order valence-corrected chi connectivity index (χ3v) is 8.25. The smallest absolute Gasteiger partial charge is 0.265 e. The summed E-state index contributed by atoms with van der Waals surface area (Å²) in [5, 5.41) is 15.3. The van der Waals surface area contributed by atoms with Crippen LogP contribution in [0.15, 0.2) is 59.8 Å². The number of aromatic nitrogens is 6. The number of amides is 1. The lowest BCUT2D eigenvalue weighted by Gasteiger charge is -2.26. The molecule has 45 heavy (non-hydrogen) atoms. The minimum absolute atomic E-state index is 0.00456. The van der Waals surface area contributed by atoms with Crippen LogP contribution in [0.1, 0.15) is 41.3 Å². The zero-order chi connectivity index (χ0) is 31.1. The first-order chi connectivity index (χ1) is 21.9. The predicted octanol–water partition coefficient (Wildman–Crippen LogP) is 2.58. The number of benzene rings is 2. The second kappa shape index (κ2) is 11.8. The molecule has 12 nitrogen and oxygen atoms in total. The van der Waals surface area contributed by atoms with Gasteiger partial charge in [-0.25, -0.2) is 9.37 Å². The highest BCUT2D eigenvalue weighted by molar-refractivity contribution is 5.83. The van der Waals surface area contributed by atoms with Crippen LogP contribution in [-0.4, -0.2) is 71.5 Å². The summed E-state index contributed by atoms with van der Waals surface area (Å²) in [5.41, 5.74) is 8.44. The number of ether oxygens (including phenoxy) is 1. The molecule has 7 rings (SSSR count). The largest absolute Gasteiger partial charge is 0.392 e. The summed E-state index contributed by atoms with van der Waals surface area (Å²) < 4.78 is 23.4. The minimum Gasteiger partial charge on any atom is -0.392 e. The molecule has 2 aliphatic rings. The van der Waals surface area contributed by atoms with Gasteiger partial charge in [0.2, 0.25) is 11.9 Å². The van der Waals surface area contributed by atoms with E-state index in [1.54, 1.807) is 52.4 Å². The first-order valence-electron chi connectivity index (χ1n) is 14.8. The van der Waals surface area contributed by atoms with E-state index in [9.17, 15) is 14.7 Å². The molecule has 3 aromatic heterocycles. The molecule has 1 aliphatic carbocycles. The number of nitrogens with zero attached hydrogens (tertiary/aromatic N) is 7. The lowest BCUT2D eigenvalue weighted by molar-refractivity contribution is -0.136. The fourth-order valence-corrected chi connectivity index (χ4v) is 5.82. The highest BCUT2D eigenvalue weighted by Crippen LogP contribution is 2.41. The van der Waals surface area contributed by atoms with Crippen LogP contribution in [0.3, 0.4) is 0 Å². The highest BCUT2D eigenvalue weighted by atomic mass is 19.1. The number of nitrogens with two attached hydrogens (primary N) is 1. The molecule has 0 unspecified atom stereocenters. The number of hydrogen-bond acceptors (Lipinski definition) is 9. The summed E-state index contributed by atoms with van der Waals surface area (Å²) >= 11 is 0. The van der Waals surface area contributed by atoms with Gasteiger partial charge in [-0.2, -0.15) is 15.1 Å². The number of rotatable bonds is 8. The normalized spacial score (nSPS) is 15.1. The van der Waals surface area contributed by atoms with E-state index in [1.807, 2.05) is 6.07 Å². The third-order valence-electron chi connectivity index (χ3n) is 8.25. The summed E-state index contributed by atoms with van der Waals surface area (Å²) in [5.74, 6) is 0.319. The lowest BCUT2D eigenvalue weighted by atomic mass is 10.0. The Balaban J connectivity index is 1.18. The van der Waals surface area contributed by atoms with Gasteiger partial charge in [-0.1, -0.05) is 18.2 Å². The summed E-state index contributed by atoms with van der Waals surface area (Å²) in [6, 6.07) is 10.2. The van der Waals surface area contributed by atoms with Gasteiger partial charge in [0.1, 0.15) is 18.2 Å². The van der Waals surface area contributed by atoms with Crippen LogP contribution in [0.5, 0.6) is 0 Å². The Morgan fingerprint density at radius 2 is 1.93 bits per heavy atom. The fraction of sp³-hybridized carbons (Fsp3) is 0.312. The molecule has 1 saturated heterocycles. The Kier molecular flexibility index (Phi) is 7.55. The quantitative estimate of drug-likeness (QED) is 0.270. The van der Waals surface area contributed by atoms with Crippen molar-refractivity contribution in [1.29, 1.82) is 0 Å². The van der Waals surface area contributed by atoms with Crippen LogP contribution >= 0.6 is 0 Å². The van der Waals surface area contributed by atoms with E-state index >= 15 is 4.39 Å². The number of carbonyl (C=O) groups is 1. The zero-order valence-electron chi connectivity index (χ0n) is 24.4. The van der Waals surface area contributed by atoms with Gasteiger partial charge in [0.25, 0.3) is 5.56 Å². The molecule has 2 fully saturated rings. The molecule has 5 aromatic rings. The Morgan fingerprint density at radius 3 is 2.71 bits per heavy atom. The van der Waals surface area contributed by atoms with E-state index in [1.165, 1.54) is 10.6 Å². The van der Waals surface area contributed by atoms with Gasteiger partial charge in [0.05, 0.1) is 37.1 Å². The molecule has 1 aliphatic heterocycles. The highest BCUT2D eigenvalue weighted by Gasteiger charge is 2.26. The van der Waals surface area contributed by atoms with E-state index in [2.05, 4.69) is 20.1 Å². The van der Waals surface area contributed by atoms with Crippen molar-refractivity contribution in [2.75, 3.05) is 32.0 Å². The molecule has 1 amide bonds. The van der Waals surface area contributed by atoms with Gasteiger partial charge in [0, 0.05) is 43.0 Å². The molecule has 2 aromatic carbocycles. The van der Waals surface area contributed by atoms with Crippen LogP contribution in [-0.2, 0) is 29.1 Å². The van der Waals surface area contributed by atoms with Crippen molar-refractivity contribution in [1.82, 2.24) is 34.2 Å². The standard InChI is InChI=1S/C32H31FN8O4/c33-25-14-22(20-4-5-20)13-21-6-7-41(31(44)29(21)25)26-3-1-2-23(24(26)18-42)30-36-27(37-32(34)38-30)12-19-15-35-40(16-19)17-28(43)39-8-10-45-11-9-39/h1-3,6-7,13-16,20,42H,4-5,8-12,17-18H2,(H2,34,36,37,38). The molecule has 1 saturated carbocycles. The first-order valence-corrected chi connectivity index (χ1v) is 14.8. The summed E-state index contributed by atoms with van der Waals surface area (Å²) in [6.07, 6.45) is 7.32. The number of hydrogen-bond donors (Lipinski definition) is 2. The van der Waals surface area contributed by atoms with Gasteiger partial charge < -0.3 is 20.5 Å². The van der Waals surface area contributed by atoms with Crippen LogP contribution in [0.2, 0.25) is 0 Å². The maximum Gasteiger partial charge on any atom is 0.265 e. The molecular formula is C32H31FN8O4. The zero-order valence-corrected chi connectivity index (χ0v) is 24.4. The van der Waals surface area contributed by atoms with Gasteiger partial charge in [-0.05, 0) is 53.5 Å². The number of pyridine rings is 1. The Bertz CT molecular complexity index is 1980. The monoisotopic (exact) mass is 610 g/mol. The fourth-order valence-electron chi connectivity index (χ4n) is 5.82. The number of anilines is 1. The van der Waals surface area contributed by atoms with Crippen LogP contribution in [0.25, 0.3) is 27.8 Å². The van der Waals surface area contributed by atoms with Crippen molar-refractivity contribution in [3.63, 3.8) is 0 Å². The number of fused-ring (bicyclic) bond motifs is 1. The summed E-state index contributed by atoms with van der Waals surface area (Å²) in [7, 11) is 0. The first kappa shape index (κ1) is 28.7. The van der Waals surface area contributed by atoms with Crippen LogP contribution in [0, 0.1) is 5.82 Å². The molecule has 0 bridgehead atoms. The van der Waals surface area contributed by atoms with Crippen molar-refractivity contribution in [3.8, 4) is 17.1 Å². The van der Waals surface area contributed by atoms with Gasteiger partial charge in [-0.15, -0.1) is 0 Å². The topological polar surface area (TPSA) is 154 Å². The van der Waals surface area contributed by atoms with Gasteiger partial charge in [0.15, 0.2) is 5.82 Å². The van der Waals surface area contributed by atoms with E-state index in [0.717, 1.165) is 24.0 Å². The maximum atomic E-state index is 15.2. The molecule has 230 valence electrons. The van der Waals surface area contributed by atoms with Crippen molar-refractivity contribution in [2.24, 2.45) is 0 Å². The summed E-state index contributed by atoms with van der Waals surface area (Å²) in [6.45, 7) is 1.84. The number of morpholine rings is 1. The van der Waals surface area contributed by atoms with E-state index < -0.39 is 18.0 Å². The second-order valence-corrected chi connectivity index (χ2v) is 11.3. The van der Waals surface area contributed by atoms with Crippen LogP contribution < -0.4 is 11.3 Å². The molecule has 13 heteroatoms.